The van der Waals surface area contributed by atoms with Gasteiger partial charge in [0.15, 0.2) is 0 Å². The van der Waals surface area contributed by atoms with E-state index in [9.17, 15) is 4.79 Å². The van der Waals surface area contributed by atoms with Crippen LogP contribution in [0.4, 0.5) is 10.2 Å². The molecular weight excluding hydrogens is 465 g/mol. The minimum atomic E-state index is -0.624. The standard InChI is InChI=1S/C22H17BrFN5O2/c23-12-1-2-13-11(5-12)6-19-20(13)28(3-4-31-19)22(30)14-7-17-16(8-15(14)24)27-21(25)18-9-26-10-29(17)18/h1-2,5,7-10,19-20H,3-4,6H2,(H2,25,27)/t19-,20+/m0/s1. The molecule has 2 aliphatic rings. The second-order valence-corrected chi connectivity index (χ2v) is 8.78. The Morgan fingerprint density at radius 2 is 2.13 bits per heavy atom. The molecule has 2 N–H and O–H groups in total. The number of hydrogen-bond acceptors (Lipinski definition) is 5. The number of aromatic nitrogens is 3. The third-order valence-corrected chi connectivity index (χ3v) is 6.65. The first kappa shape index (κ1) is 18.7. The maximum Gasteiger partial charge on any atom is 0.257 e. The number of rotatable bonds is 1. The molecule has 0 bridgehead atoms. The highest BCUT2D eigenvalue weighted by Gasteiger charge is 2.42. The Labute approximate surface area is 184 Å². The van der Waals surface area contributed by atoms with Crippen LogP contribution in [0.5, 0.6) is 0 Å². The zero-order chi connectivity index (χ0) is 21.3. The van der Waals surface area contributed by atoms with E-state index in [-0.39, 0.29) is 29.4 Å². The topological polar surface area (TPSA) is 85.8 Å². The van der Waals surface area contributed by atoms with Crippen molar-refractivity contribution in [3.05, 3.63) is 69.8 Å². The largest absolute Gasteiger partial charge is 0.382 e. The van der Waals surface area contributed by atoms with Crippen molar-refractivity contribution in [1.82, 2.24) is 19.3 Å². The van der Waals surface area contributed by atoms with Crippen LogP contribution in [0.25, 0.3) is 16.6 Å². The number of nitrogen functional groups attached to an aromatic ring is 1. The number of carbonyl (C=O) groups is 1. The Kier molecular flexibility index (Phi) is 4.06. The van der Waals surface area contributed by atoms with Crippen molar-refractivity contribution in [2.45, 2.75) is 18.6 Å². The molecule has 7 nitrogen and oxygen atoms in total. The molecule has 9 heteroatoms. The van der Waals surface area contributed by atoms with Crippen molar-refractivity contribution in [1.29, 1.82) is 0 Å². The Bertz CT molecular complexity index is 1390. The highest BCUT2D eigenvalue weighted by molar-refractivity contribution is 9.10. The van der Waals surface area contributed by atoms with Crippen LogP contribution in [0, 0.1) is 5.82 Å². The molecule has 1 aliphatic carbocycles. The maximum absolute atomic E-state index is 15.1. The lowest BCUT2D eigenvalue weighted by molar-refractivity contribution is -0.0517. The van der Waals surface area contributed by atoms with Crippen molar-refractivity contribution in [2.75, 3.05) is 18.9 Å². The summed E-state index contributed by atoms with van der Waals surface area (Å²) in [5, 5.41) is 0. The minimum Gasteiger partial charge on any atom is -0.382 e. The Hall–Kier alpha value is -3.04. The second kappa shape index (κ2) is 6.73. The summed E-state index contributed by atoms with van der Waals surface area (Å²) in [5.41, 5.74) is 9.71. The first-order valence-electron chi connectivity index (χ1n) is 9.93. The molecule has 2 atom stereocenters. The van der Waals surface area contributed by atoms with Crippen LogP contribution in [-0.4, -0.2) is 44.4 Å². The third kappa shape index (κ3) is 2.76. The van der Waals surface area contributed by atoms with Crippen LogP contribution in [0.3, 0.4) is 0 Å². The second-order valence-electron chi connectivity index (χ2n) is 7.87. The quantitative estimate of drug-likeness (QED) is 0.449. The van der Waals surface area contributed by atoms with Crippen molar-refractivity contribution in [2.24, 2.45) is 0 Å². The van der Waals surface area contributed by atoms with Crippen molar-refractivity contribution < 1.29 is 13.9 Å². The predicted octanol–water partition coefficient (Wildman–Crippen LogP) is 3.50. The van der Waals surface area contributed by atoms with Gasteiger partial charge in [-0.2, -0.15) is 0 Å². The van der Waals surface area contributed by atoms with Gasteiger partial charge >= 0.3 is 0 Å². The van der Waals surface area contributed by atoms with Gasteiger partial charge in [0, 0.05) is 23.5 Å². The number of nitrogens with two attached hydrogens (primary N) is 1. The molecule has 0 spiro atoms. The summed E-state index contributed by atoms with van der Waals surface area (Å²) in [5.74, 6) is -0.729. The number of amides is 1. The molecular formula is C22H17BrFN5O2. The van der Waals surface area contributed by atoms with Crippen LogP contribution in [0.1, 0.15) is 27.5 Å². The van der Waals surface area contributed by atoms with Gasteiger partial charge in [0.1, 0.15) is 17.2 Å². The fourth-order valence-corrected chi connectivity index (χ4v) is 5.18. The van der Waals surface area contributed by atoms with E-state index < -0.39 is 5.82 Å². The van der Waals surface area contributed by atoms with Gasteiger partial charge in [-0.15, -0.1) is 0 Å². The molecule has 0 saturated carbocycles. The zero-order valence-electron chi connectivity index (χ0n) is 16.3. The zero-order valence-corrected chi connectivity index (χ0v) is 17.8. The molecule has 1 saturated heterocycles. The summed E-state index contributed by atoms with van der Waals surface area (Å²) in [6, 6.07) is 8.59. The summed E-state index contributed by atoms with van der Waals surface area (Å²) < 4.78 is 23.8. The van der Waals surface area contributed by atoms with E-state index in [1.54, 1.807) is 21.8 Å². The molecule has 6 rings (SSSR count). The molecule has 0 radical (unpaired) electrons. The van der Waals surface area contributed by atoms with Crippen molar-refractivity contribution in [3.63, 3.8) is 0 Å². The van der Waals surface area contributed by atoms with Gasteiger partial charge in [0.2, 0.25) is 0 Å². The monoisotopic (exact) mass is 481 g/mol. The number of hydrogen-bond donors (Lipinski definition) is 1. The van der Waals surface area contributed by atoms with Crippen LogP contribution >= 0.6 is 15.9 Å². The normalized spacial score (nSPS) is 20.3. The summed E-state index contributed by atoms with van der Waals surface area (Å²) in [4.78, 5) is 23.7. The fraction of sp³-hybridized carbons (Fsp3) is 0.227. The average molecular weight is 482 g/mol. The predicted molar refractivity (Wildman–Crippen MR) is 116 cm³/mol. The molecule has 1 fully saturated rings. The van der Waals surface area contributed by atoms with E-state index in [1.807, 2.05) is 12.1 Å². The van der Waals surface area contributed by atoms with Crippen molar-refractivity contribution >= 4 is 44.2 Å². The molecule has 1 amide bonds. The Balaban J connectivity index is 1.47. The van der Waals surface area contributed by atoms with Crippen LogP contribution < -0.4 is 5.73 Å². The fourth-order valence-electron chi connectivity index (χ4n) is 4.77. The number of morpholine rings is 1. The van der Waals surface area contributed by atoms with Gasteiger partial charge < -0.3 is 15.4 Å². The third-order valence-electron chi connectivity index (χ3n) is 6.15. The summed E-state index contributed by atoms with van der Waals surface area (Å²) in [6.07, 6.45) is 3.76. The van der Waals surface area contributed by atoms with E-state index in [2.05, 4.69) is 32.0 Å². The van der Waals surface area contributed by atoms with E-state index in [4.69, 9.17) is 10.5 Å². The summed E-state index contributed by atoms with van der Waals surface area (Å²) in [7, 11) is 0. The lowest BCUT2D eigenvalue weighted by atomic mass is 10.0. The smallest absolute Gasteiger partial charge is 0.257 e. The van der Waals surface area contributed by atoms with Crippen molar-refractivity contribution in [3.8, 4) is 0 Å². The number of fused-ring (bicyclic) bond motifs is 6. The van der Waals surface area contributed by atoms with Gasteiger partial charge in [-0.05, 0) is 29.3 Å². The lowest BCUT2D eigenvalue weighted by Crippen LogP contribution is -2.46. The molecule has 1 aliphatic heterocycles. The molecule has 2 aromatic heterocycles. The first-order chi connectivity index (χ1) is 15.0. The van der Waals surface area contributed by atoms with Gasteiger partial charge in [0.05, 0.1) is 47.9 Å². The SMILES string of the molecule is Nc1nc2cc(F)c(C(=O)N3CCO[C@H]4Cc5cc(Br)ccc5[C@H]43)cc2n2cncc12. The maximum atomic E-state index is 15.1. The molecule has 4 aromatic rings. The molecule has 2 aromatic carbocycles. The number of nitrogens with zero attached hydrogens (tertiary/aromatic N) is 4. The van der Waals surface area contributed by atoms with Crippen LogP contribution in [-0.2, 0) is 11.2 Å². The van der Waals surface area contributed by atoms with Gasteiger partial charge in [-0.25, -0.2) is 14.4 Å². The highest BCUT2D eigenvalue weighted by Crippen LogP contribution is 2.41. The lowest BCUT2D eigenvalue weighted by Gasteiger charge is -2.38. The number of imidazole rings is 1. The number of anilines is 1. The first-order valence-corrected chi connectivity index (χ1v) is 10.7. The molecule has 156 valence electrons. The van der Waals surface area contributed by atoms with Gasteiger partial charge in [0.25, 0.3) is 5.91 Å². The number of ether oxygens (including phenoxy) is 1. The molecule has 3 heterocycles. The van der Waals surface area contributed by atoms with Gasteiger partial charge in [-0.3, -0.25) is 9.20 Å². The van der Waals surface area contributed by atoms with E-state index >= 15 is 4.39 Å². The molecule has 0 unspecified atom stereocenters. The van der Waals surface area contributed by atoms with Crippen LogP contribution in [0.15, 0.2) is 47.3 Å². The Morgan fingerprint density at radius 1 is 1.26 bits per heavy atom. The number of benzene rings is 2. The van der Waals surface area contributed by atoms with E-state index in [0.717, 1.165) is 22.0 Å². The average Bonchev–Trinajstić information content (AvgIpc) is 3.37. The summed E-state index contributed by atoms with van der Waals surface area (Å²) in [6.45, 7) is 0.814. The minimum absolute atomic E-state index is 0.000262. The molecule has 31 heavy (non-hydrogen) atoms. The summed E-state index contributed by atoms with van der Waals surface area (Å²) >= 11 is 3.51. The Morgan fingerprint density at radius 3 is 3.00 bits per heavy atom. The van der Waals surface area contributed by atoms with E-state index in [0.29, 0.717) is 29.7 Å². The number of halogens is 2. The number of carbonyl (C=O) groups excluding carboxylic acids is 1. The highest BCUT2D eigenvalue weighted by atomic mass is 79.9. The van der Waals surface area contributed by atoms with Gasteiger partial charge in [-0.1, -0.05) is 22.0 Å². The van der Waals surface area contributed by atoms with E-state index in [1.165, 1.54) is 12.1 Å². The van der Waals surface area contributed by atoms with Crippen LogP contribution in [0.2, 0.25) is 0 Å².